The van der Waals surface area contributed by atoms with Crippen LogP contribution in [0.2, 0.25) is 0 Å². The van der Waals surface area contributed by atoms with Crippen LogP contribution in [0.25, 0.3) is 0 Å². The lowest BCUT2D eigenvalue weighted by atomic mass is 10.0. The second-order valence-corrected chi connectivity index (χ2v) is 5.74. The van der Waals surface area contributed by atoms with Gasteiger partial charge in [-0.25, -0.2) is 0 Å². The van der Waals surface area contributed by atoms with E-state index in [4.69, 9.17) is 10.5 Å². The van der Waals surface area contributed by atoms with Crippen molar-refractivity contribution in [3.05, 3.63) is 23.8 Å². The summed E-state index contributed by atoms with van der Waals surface area (Å²) in [7, 11) is 1.56. The molecule has 4 nitrogen and oxygen atoms in total. The van der Waals surface area contributed by atoms with Gasteiger partial charge in [0.05, 0.1) is 18.4 Å². The van der Waals surface area contributed by atoms with Crippen molar-refractivity contribution in [3.8, 4) is 5.75 Å². The molecule has 0 atom stereocenters. The van der Waals surface area contributed by atoms with Crippen LogP contribution in [0.15, 0.2) is 18.2 Å². The first-order valence-electron chi connectivity index (χ1n) is 7.69. The minimum Gasteiger partial charge on any atom is -0.495 e. The lowest BCUT2D eigenvalue weighted by molar-refractivity contribution is 0.0641. The van der Waals surface area contributed by atoms with Gasteiger partial charge in [-0.2, -0.15) is 0 Å². The van der Waals surface area contributed by atoms with Gasteiger partial charge < -0.3 is 15.4 Å². The molecule has 118 valence electrons. The zero-order valence-electron chi connectivity index (χ0n) is 13.8. The fourth-order valence-electron chi connectivity index (χ4n) is 2.58. The van der Waals surface area contributed by atoms with Gasteiger partial charge in [0.25, 0.3) is 5.91 Å². The number of methoxy groups -OCH3 is 1. The molecule has 1 rings (SSSR count). The molecule has 0 unspecified atom stereocenters. The number of carbonyl (C=O) groups excluding carboxylic acids is 1. The number of ether oxygens (including phenoxy) is 1. The number of nitrogens with zero attached hydrogens (tertiary/aromatic N) is 1. The van der Waals surface area contributed by atoms with Gasteiger partial charge in [-0.1, -0.05) is 33.8 Å². The number of amides is 1. The minimum absolute atomic E-state index is 0.00574. The van der Waals surface area contributed by atoms with Crippen LogP contribution in [0.3, 0.4) is 0 Å². The largest absolute Gasteiger partial charge is 0.495 e. The molecule has 4 heteroatoms. The molecule has 1 aromatic carbocycles. The Bertz CT molecular complexity index is 468. The number of anilines is 1. The van der Waals surface area contributed by atoms with E-state index in [1.165, 1.54) is 0 Å². The van der Waals surface area contributed by atoms with Crippen LogP contribution >= 0.6 is 0 Å². The second kappa shape index (κ2) is 7.91. The molecule has 2 N–H and O–H groups in total. The van der Waals surface area contributed by atoms with E-state index in [1.54, 1.807) is 19.2 Å². The van der Waals surface area contributed by atoms with E-state index in [0.717, 1.165) is 19.4 Å². The molecule has 0 aliphatic heterocycles. The minimum atomic E-state index is -0.00574. The van der Waals surface area contributed by atoms with Gasteiger partial charge in [0.15, 0.2) is 0 Å². The highest BCUT2D eigenvalue weighted by Crippen LogP contribution is 2.27. The maximum absolute atomic E-state index is 12.9. The summed E-state index contributed by atoms with van der Waals surface area (Å²) in [4.78, 5) is 14.9. The number of hydrogen-bond donors (Lipinski definition) is 1. The third-order valence-electron chi connectivity index (χ3n) is 3.72. The molecule has 0 fully saturated rings. The van der Waals surface area contributed by atoms with Crippen molar-refractivity contribution in [1.82, 2.24) is 4.90 Å². The number of nitrogens with two attached hydrogens (primary N) is 1. The molecule has 21 heavy (non-hydrogen) atoms. The normalized spacial score (nSPS) is 11.0. The van der Waals surface area contributed by atoms with Crippen molar-refractivity contribution in [2.45, 2.75) is 46.6 Å². The summed E-state index contributed by atoms with van der Waals surface area (Å²) in [5.41, 5.74) is 7.02. The zero-order valence-corrected chi connectivity index (χ0v) is 13.8. The number of carbonyl (C=O) groups is 1. The van der Waals surface area contributed by atoms with Crippen molar-refractivity contribution < 1.29 is 9.53 Å². The molecule has 0 saturated carbocycles. The number of nitrogen functional groups attached to an aromatic ring is 1. The lowest BCUT2D eigenvalue weighted by Gasteiger charge is -2.32. The Morgan fingerprint density at radius 1 is 1.29 bits per heavy atom. The molecule has 0 aliphatic carbocycles. The summed E-state index contributed by atoms with van der Waals surface area (Å²) < 4.78 is 5.21. The Morgan fingerprint density at radius 2 is 1.90 bits per heavy atom. The topological polar surface area (TPSA) is 55.6 Å². The molecular weight excluding hydrogens is 264 g/mol. The Hall–Kier alpha value is -1.71. The van der Waals surface area contributed by atoms with E-state index in [1.807, 2.05) is 11.0 Å². The highest BCUT2D eigenvalue weighted by molar-refractivity contribution is 6.00. The second-order valence-electron chi connectivity index (χ2n) is 5.74. The SMILES string of the molecule is CCC(CC)N(CC(C)C)C(=O)c1cccc(OC)c1N. The van der Waals surface area contributed by atoms with E-state index < -0.39 is 0 Å². The average Bonchev–Trinajstić information content (AvgIpc) is 2.46. The lowest BCUT2D eigenvalue weighted by Crippen LogP contribution is -2.42. The fourth-order valence-corrected chi connectivity index (χ4v) is 2.58. The average molecular weight is 292 g/mol. The van der Waals surface area contributed by atoms with E-state index in [2.05, 4.69) is 27.7 Å². The number of benzene rings is 1. The standard InChI is InChI=1S/C17H28N2O2/c1-6-13(7-2)19(11-12(3)4)17(20)14-9-8-10-15(21-5)16(14)18/h8-10,12-13H,6-7,11,18H2,1-5H3. The summed E-state index contributed by atoms with van der Waals surface area (Å²) in [6.07, 6.45) is 1.89. The van der Waals surface area contributed by atoms with E-state index >= 15 is 0 Å². The first kappa shape index (κ1) is 17.3. The molecule has 1 aromatic rings. The maximum Gasteiger partial charge on any atom is 0.256 e. The molecular formula is C17H28N2O2. The molecule has 0 bridgehead atoms. The molecule has 0 spiro atoms. The third kappa shape index (κ3) is 4.13. The predicted molar refractivity (Wildman–Crippen MR) is 87.7 cm³/mol. The highest BCUT2D eigenvalue weighted by atomic mass is 16.5. The molecule has 1 amide bonds. The number of rotatable bonds is 7. The smallest absolute Gasteiger partial charge is 0.256 e. The maximum atomic E-state index is 12.9. The van der Waals surface area contributed by atoms with E-state index in [9.17, 15) is 4.79 Å². The van der Waals surface area contributed by atoms with Gasteiger partial charge in [-0.3, -0.25) is 4.79 Å². The molecule has 0 heterocycles. The van der Waals surface area contributed by atoms with Gasteiger partial charge in [0.1, 0.15) is 5.75 Å². The first-order valence-corrected chi connectivity index (χ1v) is 7.69. The van der Waals surface area contributed by atoms with Crippen molar-refractivity contribution in [1.29, 1.82) is 0 Å². The Balaban J connectivity index is 3.16. The van der Waals surface area contributed by atoms with Crippen molar-refractivity contribution in [3.63, 3.8) is 0 Å². The van der Waals surface area contributed by atoms with Crippen LogP contribution in [0, 0.1) is 5.92 Å². The van der Waals surface area contributed by atoms with Crippen LogP contribution in [-0.4, -0.2) is 30.5 Å². The highest BCUT2D eigenvalue weighted by Gasteiger charge is 2.25. The van der Waals surface area contributed by atoms with Crippen LogP contribution in [0.4, 0.5) is 5.69 Å². The summed E-state index contributed by atoms with van der Waals surface area (Å²) >= 11 is 0. The summed E-state index contributed by atoms with van der Waals surface area (Å²) in [5, 5.41) is 0. The van der Waals surface area contributed by atoms with Gasteiger partial charge >= 0.3 is 0 Å². The monoisotopic (exact) mass is 292 g/mol. The van der Waals surface area contributed by atoms with Crippen LogP contribution in [0.5, 0.6) is 5.75 Å². The summed E-state index contributed by atoms with van der Waals surface area (Å²) in [5.74, 6) is 0.963. The van der Waals surface area contributed by atoms with E-state index in [0.29, 0.717) is 22.9 Å². The van der Waals surface area contributed by atoms with Crippen LogP contribution in [-0.2, 0) is 0 Å². The number of para-hydroxylation sites is 1. The van der Waals surface area contributed by atoms with Gasteiger partial charge in [0, 0.05) is 12.6 Å². The molecule has 0 saturated heterocycles. The summed E-state index contributed by atoms with van der Waals surface area (Å²) in [6.45, 7) is 9.21. The third-order valence-corrected chi connectivity index (χ3v) is 3.72. The Kier molecular flexibility index (Phi) is 6.53. The quantitative estimate of drug-likeness (QED) is 0.782. The van der Waals surface area contributed by atoms with Gasteiger partial charge in [0.2, 0.25) is 0 Å². The van der Waals surface area contributed by atoms with E-state index in [-0.39, 0.29) is 11.9 Å². The zero-order chi connectivity index (χ0) is 16.0. The Labute approximate surface area is 128 Å². The summed E-state index contributed by atoms with van der Waals surface area (Å²) in [6, 6.07) is 5.60. The van der Waals surface area contributed by atoms with Crippen molar-refractivity contribution in [2.75, 3.05) is 19.4 Å². The van der Waals surface area contributed by atoms with Crippen LogP contribution < -0.4 is 10.5 Å². The van der Waals surface area contributed by atoms with Crippen molar-refractivity contribution >= 4 is 11.6 Å². The molecule has 0 aliphatic rings. The molecule has 0 aromatic heterocycles. The predicted octanol–water partition coefficient (Wildman–Crippen LogP) is 3.56. The number of hydrogen-bond acceptors (Lipinski definition) is 3. The Morgan fingerprint density at radius 3 is 2.38 bits per heavy atom. The first-order chi connectivity index (χ1) is 9.96. The molecule has 0 radical (unpaired) electrons. The van der Waals surface area contributed by atoms with Crippen LogP contribution in [0.1, 0.15) is 50.9 Å². The van der Waals surface area contributed by atoms with Gasteiger partial charge in [-0.15, -0.1) is 0 Å². The van der Waals surface area contributed by atoms with Gasteiger partial charge in [-0.05, 0) is 30.9 Å². The fraction of sp³-hybridized carbons (Fsp3) is 0.588. The van der Waals surface area contributed by atoms with Crippen molar-refractivity contribution in [2.24, 2.45) is 5.92 Å².